The van der Waals surface area contributed by atoms with Crippen LogP contribution in [-0.4, -0.2) is 17.7 Å². The van der Waals surface area contributed by atoms with Crippen molar-refractivity contribution < 1.29 is 12.8 Å². The zero-order valence-electron chi connectivity index (χ0n) is 16.6. The van der Waals surface area contributed by atoms with Crippen molar-refractivity contribution in [3.05, 3.63) is 61.9 Å². The molecule has 0 bridgehead atoms. The van der Waals surface area contributed by atoms with E-state index >= 15 is 0 Å². The number of nitrogens with zero attached hydrogens (tertiary/aromatic N) is 1. The smallest absolute Gasteiger partial charge is 0.255 e. The fraction of sp³-hybridized carbons (Fsp3) is 0.381. The van der Waals surface area contributed by atoms with Crippen molar-refractivity contribution in [2.75, 3.05) is 10.0 Å². The highest BCUT2D eigenvalue weighted by Gasteiger charge is 2.54. The first-order valence-electron chi connectivity index (χ1n) is 9.81. The standard InChI is InChI=1S/C21H23FIN3O3S/c1-3-8-21(9-10-21)30(28,29)25-19-17-5-4-11-26(17)20(27)13(2)18(19)24-16-7-6-14(23)12-15(16)22/h3,6-7,12,24-25H,1,4-5,8-11H2,2H3. The number of nitrogens with one attached hydrogen (secondary N) is 2. The summed E-state index contributed by atoms with van der Waals surface area (Å²) < 4.78 is 45.3. The molecule has 1 aliphatic carbocycles. The molecule has 160 valence electrons. The van der Waals surface area contributed by atoms with Crippen molar-refractivity contribution in [3.8, 4) is 0 Å². The van der Waals surface area contributed by atoms with E-state index in [0.717, 1.165) is 9.99 Å². The molecule has 1 fully saturated rings. The molecule has 0 unspecified atom stereocenters. The molecule has 1 aromatic heterocycles. The number of fused-ring (bicyclic) bond motifs is 1. The molecule has 1 saturated carbocycles. The first-order valence-corrected chi connectivity index (χ1v) is 12.4. The van der Waals surface area contributed by atoms with E-state index in [2.05, 4.69) is 16.6 Å². The van der Waals surface area contributed by atoms with Crippen molar-refractivity contribution in [2.24, 2.45) is 0 Å². The molecule has 1 aromatic carbocycles. The number of halogens is 2. The van der Waals surface area contributed by atoms with Gasteiger partial charge in [-0.3, -0.25) is 9.52 Å². The lowest BCUT2D eigenvalue weighted by Gasteiger charge is -2.23. The fourth-order valence-corrected chi connectivity index (χ4v) is 6.15. The maximum atomic E-state index is 14.5. The average molecular weight is 543 g/mol. The van der Waals surface area contributed by atoms with E-state index in [-0.39, 0.29) is 11.2 Å². The van der Waals surface area contributed by atoms with Crippen LogP contribution in [0.5, 0.6) is 0 Å². The van der Waals surface area contributed by atoms with Gasteiger partial charge in [0.05, 0.1) is 21.8 Å². The van der Waals surface area contributed by atoms with Crippen LogP contribution < -0.4 is 15.6 Å². The fourth-order valence-electron chi connectivity index (χ4n) is 4.02. The molecule has 2 N–H and O–H groups in total. The van der Waals surface area contributed by atoms with E-state index in [1.807, 2.05) is 22.6 Å². The summed E-state index contributed by atoms with van der Waals surface area (Å²) in [5.41, 5.74) is 1.64. The lowest BCUT2D eigenvalue weighted by molar-refractivity contribution is 0.582. The van der Waals surface area contributed by atoms with Gasteiger partial charge in [-0.15, -0.1) is 6.58 Å². The third kappa shape index (κ3) is 3.55. The van der Waals surface area contributed by atoms with Gasteiger partial charge in [-0.05, 0) is 79.8 Å². The van der Waals surface area contributed by atoms with Gasteiger partial charge in [-0.1, -0.05) is 6.08 Å². The minimum Gasteiger partial charge on any atom is -0.351 e. The van der Waals surface area contributed by atoms with Gasteiger partial charge < -0.3 is 9.88 Å². The second-order valence-electron chi connectivity index (χ2n) is 7.91. The number of pyridine rings is 1. The zero-order valence-corrected chi connectivity index (χ0v) is 19.6. The second kappa shape index (κ2) is 7.67. The molecule has 30 heavy (non-hydrogen) atoms. The third-order valence-corrected chi connectivity index (χ3v) is 8.78. The maximum absolute atomic E-state index is 14.5. The van der Waals surface area contributed by atoms with E-state index in [1.165, 1.54) is 6.07 Å². The Labute approximate surface area is 188 Å². The predicted molar refractivity (Wildman–Crippen MR) is 125 cm³/mol. The lowest BCUT2D eigenvalue weighted by atomic mass is 10.1. The SMILES string of the molecule is C=CCC1(S(=O)(=O)Nc2c(Nc3ccc(I)cc3F)c(C)c(=O)n3c2CCC3)CC1. The molecule has 2 aromatic rings. The summed E-state index contributed by atoms with van der Waals surface area (Å²) in [6, 6.07) is 4.71. The number of anilines is 3. The molecule has 0 spiro atoms. The molecule has 6 nitrogen and oxygen atoms in total. The van der Waals surface area contributed by atoms with Crippen LogP contribution in [0.2, 0.25) is 0 Å². The number of sulfonamides is 1. The summed E-state index contributed by atoms with van der Waals surface area (Å²) in [7, 11) is -3.72. The van der Waals surface area contributed by atoms with Crippen LogP contribution in [0.25, 0.3) is 0 Å². The van der Waals surface area contributed by atoms with Crippen LogP contribution >= 0.6 is 22.6 Å². The quantitative estimate of drug-likeness (QED) is 0.400. The Morgan fingerprint density at radius 3 is 2.70 bits per heavy atom. The molecular weight excluding hydrogens is 520 g/mol. The molecule has 0 amide bonds. The van der Waals surface area contributed by atoms with Crippen LogP contribution in [0.3, 0.4) is 0 Å². The van der Waals surface area contributed by atoms with Crippen molar-refractivity contribution >= 4 is 49.7 Å². The number of aromatic nitrogens is 1. The third-order valence-electron chi connectivity index (χ3n) is 5.92. The van der Waals surface area contributed by atoms with E-state index in [1.54, 1.807) is 29.7 Å². The van der Waals surface area contributed by atoms with Gasteiger partial charge in [-0.25, -0.2) is 12.8 Å². The van der Waals surface area contributed by atoms with Gasteiger partial charge in [0.25, 0.3) is 5.56 Å². The van der Waals surface area contributed by atoms with Gasteiger partial charge >= 0.3 is 0 Å². The molecule has 4 rings (SSSR count). The summed E-state index contributed by atoms with van der Waals surface area (Å²) in [5.74, 6) is -0.471. The van der Waals surface area contributed by atoms with Gasteiger partial charge in [-0.2, -0.15) is 0 Å². The van der Waals surface area contributed by atoms with Crippen molar-refractivity contribution in [1.82, 2.24) is 4.57 Å². The average Bonchev–Trinajstić information content (AvgIpc) is 3.32. The maximum Gasteiger partial charge on any atom is 0.255 e. The number of hydrogen-bond acceptors (Lipinski definition) is 4. The van der Waals surface area contributed by atoms with E-state index in [9.17, 15) is 17.6 Å². The molecule has 9 heteroatoms. The topological polar surface area (TPSA) is 80.2 Å². The largest absolute Gasteiger partial charge is 0.351 e. The Morgan fingerprint density at radius 1 is 1.33 bits per heavy atom. The summed E-state index contributed by atoms with van der Waals surface area (Å²) in [6.07, 6.45) is 4.45. The van der Waals surface area contributed by atoms with E-state index in [4.69, 9.17) is 0 Å². The molecule has 1 aliphatic heterocycles. The van der Waals surface area contributed by atoms with Gasteiger partial charge in [0.1, 0.15) is 5.82 Å². The number of rotatable bonds is 7. The van der Waals surface area contributed by atoms with Crippen LogP contribution in [0.4, 0.5) is 21.5 Å². The molecule has 0 radical (unpaired) electrons. The molecule has 2 aliphatic rings. The van der Waals surface area contributed by atoms with Crippen molar-refractivity contribution in [2.45, 2.75) is 50.3 Å². The van der Waals surface area contributed by atoms with Crippen molar-refractivity contribution in [1.29, 1.82) is 0 Å². The monoisotopic (exact) mass is 543 g/mol. The number of benzene rings is 1. The predicted octanol–water partition coefficient (Wildman–Crippen LogP) is 4.44. The Bertz CT molecular complexity index is 1200. The minimum atomic E-state index is -3.72. The first-order chi connectivity index (χ1) is 14.2. The van der Waals surface area contributed by atoms with Gasteiger partial charge in [0.15, 0.2) is 0 Å². The highest BCUT2D eigenvalue weighted by Crippen LogP contribution is 2.48. The number of hydrogen-bond donors (Lipinski definition) is 2. The number of allylic oxidation sites excluding steroid dienone is 1. The van der Waals surface area contributed by atoms with Crippen LogP contribution in [-0.2, 0) is 23.0 Å². The molecular formula is C21H23FIN3O3S. The molecule has 2 heterocycles. The zero-order chi connectivity index (χ0) is 21.7. The summed E-state index contributed by atoms with van der Waals surface area (Å²) in [6.45, 7) is 5.86. The van der Waals surface area contributed by atoms with Crippen LogP contribution in [0.1, 0.15) is 36.9 Å². The van der Waals surface area contributed by atoms with Gasteiger partial charge in [0, 0.05) is 21.4 Å². The van der Waals surface area contributed by atoms with Gasteiger partial charge in [0.2, 0.25) is 10.0 Å². The Hall–Kier alpha value is -1.88. The van der Waals surface area contributed by atoms with E-state index in [0.29, 0.717) is 54.9 Å². The Kier molecular flexibility index (Phi) is 5.46. The minimum absolute atomic E-state index is 0.188. The summed E-state index contributed by atoms with van der Waals surface area (Å²) in [5, 5.41) is 2.99. The normalized spacial score (nSPS) is 16.8. The van der Waals surface area contributed by atoms with Crippen LogP contribution in [0, 0.1) is 16.3 Å². The first kappa shape index (κ1) is 21.4. The van der Waals surface area contributed by atoms with Crippen LogP contribution in [0.15, 0.2) is 35.6 Å². The van der Waals surface area contributed by atoms with E-state index < -0.39 is 20.6 Å². The summed E-state index contributed by atoms with van der Waals surface area (Å²) in [4.78, 5) is 12.9. The highest BCUT2D eigenvalue weighted by molar-refractivity contribution is 14.1. The summed E-state index contributed by atoms with van der Waals surface area (Å²) >= 11 is 2.02. The van der Waals surface area contributed by atoms with Crippen molar-refractivity contribution in [3.63, 3.8) is 0 Å². The Morgan fingerprint density at radius 2 is 2.07 bits per heavy atom. The highest BCUT2D eigenvalue weighted by atomic mass is 127. The molecule has 0 saturated heterocycles. The second-order valence-corrected chi connectivity index (χ2v) is 11.2. The molecule has 0 atom stereocenters. The Balaban J connectivity index is 1.85. The lowest BCUT2D eigenvalue weighted by Crippen LogP contribution is -2.32.